The summed E-state index contributed by atoms with van der Waals surface area (Å²) >= 11 is 0. The van der Waals surface area contributed by atoms with Gasteiger partial charge in [0.15, 0.2) is 0 Å². The zero-order valence-electron chi connectivity index (χ0n) is 16.3. The van der Waals surface area contributed by atoms with Gasteiger partial charge in [-0.2, -0.15) is 5.10 Å². The highest BCUT2D eigenvalue weighted by atomic mass is 16.2. The minimum absolute atomic E-state index is 0.0775. The topological polar surface area (TPSA) is 67.2 Å². The van der Waals surface area contributed by atoms with E-state index in [1.807, 2.05) is 50.4 Å². The van der Waals surface area contributed by atoms with E-state index in [2.05, 4.69) is 10.4 Å². The van der Waals surface area contributed by atoms with Crippen molar-refractivity contribution in [1.29, 1.82) is 0 Å². The number of nitrogens with zero attached hydrogens (tertiary/aromatic N) is 3. The lowest BCUT2D eigenvalue weighted by Gasteiger charge is -2.17. The summed E-state index contributed by atoms with van der Waals surface area (Å²) in [6.07, 6.45) is 3.68. The average Bonchev–Trinajstić information content (AvgIpc) is 3.16. The molecule has 0 saturated heterocycles. The largest absolute Gasteiger partial charge is 0.337 e. The fourth-order valence-corrected chi connectivity index (χ4v) is 2.75. The first-order valence-electron chi connectivity index (χ1n) is 9.19. The molecule has 6 nitrogen and oxygen atoms in total. The molecule has 0 fully saturated rings. The second-order valence-electron chi connectivity index (χ2n) is 7.01. The van der Waals surface area contributed by atoms with Crippen LogP contribution in [0.2, 0.25) is 0 Å². The molecule has 0 bridgehead atoms. The molecule has 144 valence electrons. The van der Waals surface area contributed by atoms with Crippen molar-refractivity contribution in [3.63, 3.8) is 0 Å². The monoisotopic (exact) mass is 376 g/mol. The van der Waals surface area contributed by atoms with Gasteiger partial charge in [0.25, 0.3) is 5.91 Å². The highest BCUT2D eigenvalue weighted by Gasteiger charge is 2.15. The molecule has 2 aromatic carbocycles. The molecule has 3 rings (SSSR count). The lowest BCUT2D eigenvalue weighted by atomic mass is 10.1. The van der Waals surface area contributed by atoms with Crippen LogP contribution in [0.4, 0.5) is 5.69 Å². The third-order valence-corrected chi connectivity index (χ3v) is 4.32. The van der Waals surface area contributed by atoms with Crippen molar-refractivity contribution in [3.8, 4) is 5.69 Å². The van der Waals surface area contributed by atoms with Crippen molar-refractivity contribution in [3.05, 3.63) is 78.1 Å². The first-order chi connectivity index (χ1) is 13.4. The van der Waals surface area contributed by atoms with E-state index in [0.717, 1.165) is 11.3 Å². The number of nitrogens with one attached hydrogen (secondary N) is 1. The number of rotatable bonds is 6. The van der Waals surface area contributed by atoms with E-state index < -0.39 is 0 Å². The summed E-state index contributed by atoms with van der Waals surface area (Å²) in [5.41, 5.74) is 3.05. The number of amides is 2. The first kappa shape index (κ1) is 19.4. The molecule has 1 aromatic heterocycles. The third-order valence-electron chi connectivity index (χ3n) is 4.32. The van der Waals surface area contributed by atoms with Crippen LogP contribution in [0.25, 0.3) is 5.69 Å². The molecule has 3 aromatic rings. The molecular formula is C22H24N4O2. The SMILES string of the molecule is CC(C)C(=O)Nc1cccc(C(=O)N(C)Cc2cnn(-c3ccccc3)c2)c1. The Balaban J connectivity index is 1.68. The number of benzene rings is 2. The van der Waals surface area contributed by atoms with E-state index in [9.17, 15) is 9.59 Å². The zero-order chi connectivity index (χ0) is 20.1. The maximum Gasteiger partial charge on any atom is 0.253 e. The van der Waals surface area contributed by atoms with Crippen LogP contribution in [0, 0.1) is 5.92 Å². The van der Waals surface area contributed by atoms with E-state index in [-0.39, 0.29) is 17.7 Å². The molecule has 0 aliphatic rings. The maximum atomic E-state index is 12.8. The number of hydrogen-bond donors (Lipinski definition) is 1. The first-order valence-corrected chi connectivity index (χ1v) is 9.19. The van der Waals surface area contributed by atoms with Gasteiger partial charge in [-0.25, -0.2) is 4.68 Å². The van der Waals surface area contributed by atoms with E-state index in [4.69, 9.17) is 0 Å². The molecule has 0 aliphatic heterocycles. The Morgan fingerprint density at radius 3 is 2.57 bits per heavy atom. The molecule has 0 saturated carbocycles. The van der Waals surface area contributed by atoms with Crippen molar-refractivity contribution in [1.82, 2.24) is 14.7 Å². The quantitative estimate of drug-likeness (QED) is 0.713. The Labute approximate surface area is 164 Å². The van der Waals surface area contributed by atoms with Crippen LogP contribution >= 0.6 is 0 Å². The zero-order valence-corrected chi connectivity index (χ0v) is 16.3. The Morgan fingerprint density at radius 2 is 1.86 bits per heavy atom. The summed E-state index contributed by atoms with van der Waals surface area (Å²) in [6.45, 7) is 4.09. The van der Waals surface area contributed by atoms with Gasteiger partial charge in [-0.1, -0.05) is 38.1 Å². The summed E-state index contributed by atoms with van der Waals surface area (Å²) < 4.78 is 1.79. The van der Waals surface area contributed by atoms with E-state index in [0.29, 0.717) is 17.8 Å². The number of carbonyl (C=O) groups excluding carboxylic acids is 2. The van der Waals surface area contributed by atoms with Crippen LogP contribution in [0.15, 0.2) is 67.0 Å². The van der Waals surface area contributed by atoms with Crippen molar-refractivity contribution < 1.29 is 9.59 Å². The Hall–Kier alpha value is -3.41. The second-order valence-corrected chi connectivity index (χ2v) is 7.01. The minimum Gasteiger partial charge on any atom is -0.337 e. The van der Waals surface area contributed by atoms with Gasteiger partial charge in [0, 0.05) is 42.5 Å². The Bertz CT molecular complexity index is 963. The van der Waals surface area contributed by atoms with Gasteiger partial charge in [0.05, 0.1) is 11.9 Å². The molecule has 1 heterocycles. The lowest BCUT2D eigenvalue weighted by molar-refractivity contribution is -0.118. The summed E-state index contributed by atoms with van der Waals surface area (Å²) in [5, 5.41) is 7.19. The van der Waals surface area contributed by atoms with Gasteiger partial charge >= 0.3 is 0 Å². The molecule has 0 aliphatic carbocycles. The molecule has 0 atom stereocenters. The number of para-hydroxylation sites is 1. The summed E-state index contributed by atoms with van der Waals surface area (Å²) in [6, 6.07) is 16.8. The average molecular weight is 376 g/mol. The fraction of sp³-hybridized carbons (Fsp3) is 0.227. The fourth-order valence-electron chi connectivity index (χ4n) is 2.75. The number of anilines is 1. The van der Waals surface area contributed by atoms with Crippen LogP contribution in [0.3, 0.4) is 0 Å². The van der Waals surface area contributed by atoms with Gasteiger partial charge in [-0.3, -0.25) is 9.59 Å². The van der Waals surface area contributed by atoms with Gasteiger partial charge in [0.2, 0.25) is 5.91 Å². The van der Waals surface area contributed by atoms with Crippen molar-refractivity contribution in [2.24, 2.45) is 5.92 Å². The van der Waals surface area contributed by atoms with Crippen molar-refractivity contribution in [2.45, 2.75) is 20.4 Å². The van der Waals surface area contributed by atoms with Crippen LogP contribution in [-0.4, -0.2) is 33.5 Å². The number of hydrogen-bond acceptors (Lipinski definition) is 3. The molecule has 0 unspecified atom stereocenters. The van der Waals surface area contributed by atoms with Gasteiger partial charge in [-0.15, -0.1) is 0 Å². The standard InChI is InChI=1S/C22H24N4O2/c1-16(2)21(27)24-19-9-7-8-18(12-19)22(28)25(3)14-17-13-23-26(15-17)20-10-5-4-6-11-20/h4-13,15-16H,14H2,1-3H3,(H,24,27). The number of carbonyl (C=O) groups is 2. The Kier molecular flexibility index (Phi) is 5.89. The summed E-state index contributed by atoms with van der Waals surface area (Å²) in [4.78, 5) is 26.3. The molecule has 28 heavy (non-hydrogen) atoms. The second kappa shape index (κ2) is 8.52. The summed E-state index contributed by atoms with van der Waals surface area (Å²) in [5.74, 6) is -0.317. The minimum atomic E-state index is -0.122. The molecule has 1 N–H and O–H groups in total. The van der Waals surface area contributed by atoms with E-state index >= 15 is 0 Å². The van der Waals surface area contributed by atoms with Crippen LogP contribution in [0.1, 0.15) is 29.8 Å². The highest BCUT2D eigenvalue weighted by Crippen LogP contribution is 2.15. The highest BCUT2D eigenvalue weighted by molar-refractivity contribution is 5.97. The lowest BCUT2D eigenvalue weighted by Crippen LogP contribution is -2.26. The van der Waals surface area contributed by atoms with Gasteiger partial charge < -0.3 is 10.2 Å². The maximum absolute atomic E-state index is 12.8. The van der Waals surface area contributed by atoms with Gasteiger partial charge in [-0.05, 0) is 30.3 Å². The predicted octanol–water partition coefficient (Wildman–Crippen LogP) is 3.74. The van der Waals surface area contributed by atoms with Crippen molar-refractivity contribution in [2.75, 3.05) is 12.4 Å². The molecular weight excluding hydrogens is 352 g/mol. The molecule has 6 heteroatoms. The van der Waals surface area contributed by atoms with E-state index in [1.54, 1.807) is 47.1 Å². The molecule has 0 radical (unpaired) electrons. The molecule has 2 amide bonds. The Morgan fingerprint density at radius 1 is 1.11 bits per heavy atom. The van der Waals surface area contributed by atoms with E-state index in [1.165, 1.54) is 0 Å². The van der Waals surface area contributed by atoms with Crippen molar-refractivity contribution >= 4 is 17.5 Å². The normalized spacial score (nSPS) is 10.7. The molecule has 0 spiro atoms. The van der Waals surface area contributed by atoms with Crippen LogP contribution in [0.5, 0.6) is 0 Å². The predicted molar refractivity (Wildman–Crippen MR) is 109 cm³/mol. The van der Waals surface area contributed by atoms with Crippen LogP contribution in [-0.2, 0) is 11.3 Å². The summed E-state index contributed by atoms with van der Waals surface area (Å²) in [7, 11) is 1.75. The smallest absolute Gasteiger partial charge is 0.253 e. The van der Waals surface area contributed by atoms with Gasteiger partial charge in [0.1, 0.15) is 0 Å². The van der Waals surface area contributed by atoms with Crippen LogP contribution < -0.4 is 5.32 Å². The third kappa shape index (κ3) is 4.65. The number of aromatic nitrogens is 2.